The van der Waals surface area contributed by atoms with Gasteiger partial charge in [-0.3, -0.25) is 4.79 Å². The molecule has 0 saturated carbocycles. The van der Waals surface area contributed by atoms with E-state index in [0.717, 1.165) is 5.56 Å². The third-order valence-electron chi connectivity index (χ3n) is 2.09. The monoisotopic (exact) mass is 211 g/mol. The zero-order chi connectivity index (χ0) is 11.6. The average Bonchev–Trinajstić information content (AvgIpc) is 2.45. The molecule has 0 atom stereocenters. The summed E-state index contributed by atoms with van der Waals surface area (Å²) in [7, 11) is 0. The van der Waals surface area contributed by atoms with E-state index in [1.807, 2.05) is 6.92 Å². The number of aliphatic hydroxyl groups excluding tert-OH is 1. The number of rotatable bonds is 3. The van der Waals surface area contributed by atoms with Crippen molar-refractivity contribution in [2.75, 3.05) is 6.61 Å². The Hall–Kier alpha value is -1.29. The Kier molecular flexibility index (Phi) is 3.19. The van der Waals surface area contributed by atoms with E-state index < -0.39 is 5.54 Å². The molecule has 15 heavy (non-hydrogen) atoms. The standard InChI is InChI=1S/C11H17NO3/c1-7-5-8(2)15-9(7)10(14)12-11(3,4)6-13/h5,13H,6H2,1-4H3,(H,12,14). The van der Waals surface area contributed by atoms with Crippen LogP contribution in [0, 0.1) is 13.8 Å². The third-order valence-corrected chi connectivity index (χ3v) is 2.09. The first kappa shape index (κ1) is 11.8. The third kappa shape index (κ3) is 2.83. The van der Waals surface area contributed by atoms with E-state index in [2.05, 4.69) is 5.32 Å². The number of furan rings is 1. The van der Waals surface area contributed by atoms with Gasteiger partial charge in [-0.05, 0) is 33.8 Å². The lowest BCUT2D eigenvalue weighted by Crippen LogP contribution is -2.46. The summed E-state index contributed by atoms with van der Waals surface area (Å²) in [6, 6.07) is 1.81. The minimum Gasteiger partial charge on any atom is -0.456 e. The molecule has 0 fully saturated rings. The molecule has 2 N–H and O–H groups in total. The van der Waals surface area contributed by atoms with Crippen LogP contribution in [0.25, 0.3) is 0 Å². The van der Waals surface area contributed by atoms with Crippen LogP contribution in [0.5, 0.6) is 0 Å². The molecule has 84 valence electrons. The molecule has 1 aromatic rings. The predicted molar refractivity (Wildman–Crippen MR) is 56.8 cm³/mol. The molecule has 4 nitrogen and oxygen atoms in total. The van der Waals surface area contributed by atoms with E-state index in [9.17, 15) is 4.79 Å². The van der Waals surface area contributed by atoms with Gasteiger partial charge in [-0.25, -0.2) is 0 Å². The second-order valence-electron chi connectivity index (χ2n) is 4.37. The van der Waals surface area contributed by atoms with Crippen LogP contribution in [0.4, 0.5) is 0 Å². The van der Waals surface area contributed by atoms with Crippen molar-refractivity contribution in [3.63, 3.8) is 0 Å². The summed E-state index contributed by atoms with van der Waals surface area (Å²) in [5.41, 5.74) is 0.170. The maximum absolute atomic E-state index is 11.7. The number of carbonyl (C=O) groups excluding carboxylic acids is 1. The molecule has 0 aromatic carbocycles. The molecule has 0 radical (unpaired) electrons. The normalized spacial score (nSPS) is 11.5. The van der Waals surface area contributed by atoms with E-state index >= 15 is 0 Å². The van der Waals surface area contributed by atoms with Crippen molar-refractivity contribution in [3.8, 4) is 0 Å². The maximum Gasteiger partial charge on any atom is 0.287 e. The number of amides is 1. The molecule has 1 aromatic heterocycles. The largest absolute Gasteiger partial charge is 0.456 e. The highest BCUT2D eigenvalue weighted by atomic mass is 16.3. The first-order valence-electron chi connectivity index (χ1n) is 4.86. The fraction of sp³-hybridized carbons (Fsp3) is 0.545. The maximum atomic E-state index is 11.7. The second-order valence-corrected chi connectivity index (χ2v) is 4.37. The Bertz CT molecular complexity index is 366. The molecule has 0 spiro atoms. The highest BCUT2D eigenvalue weighted by Crippen LogP contribution is 2.14. The number of hydrogen-bond donors (Lipinski definition) is 2. The lowest BCUT2D eigenvalue weighted by Gasteiger charge is -2.22. The Labute approximate surface area is 89.3 Å². The average molecular weight is 211 g/mol. The highest BCUT2D eigenvalue weighted by Gasteiger charge is 2.23. The van der Waals surface area contributed by atoms with Crippen LogP contribution in [-0.4, -0.2) is 23.2 Å². The van der Waals surface area contributed by atoms with Crippen molar-refractivity contribution in [2.45, 2.75) is 33.2 Å². The number of nitrogens with one attached hydrogen (secondary N) is 1. The molecule has 0 aliphatic carbocycles. The summed E-state index contributed by atoms with van der Waals surface area (Å²) < 4.78 is 5.27. The van der Waals surface area contributed by atoms with Crippen molar-refractivity contribution in [2.24, 2.45) is 0 Å². The summed E-state index contributed by atoms with van der Waals surface area (Å²) in [5, 5.41) is 11.7. The summed E-state index contributed by atoms with van der Waals surface area (Å²) in [4.78, 5) is 11.7. The minimum atomic E-state index is -0.635. The molecule has 4 heteroatoms. The quantitative estimate of drug-likeness (QED) is 0.794. The van der Waals surface area contributed by atoms with Gasteiger partial charge in [0.25, 0.3) is 5.91 Å². The second kappa shape index (κ2) is 4.06. The molecular weight excluding hydrogens is 194 g/mol. The SMILES string of the molecule is Cc1cc(C)c(C(=O)NC(C)(C)CO)o1. The fourth-order valence-electron chi connectivity index (χ4n) is 1.27. The van der Waals surface area contributed by atoms with E-state index in [0.29, 0.717) is 11.5 Å². The van der Waals surface area contributed by atoms with Crippen molar-refractivity contribution < 1.29 is 14.3 Å². The Balaban J connectivity index is 2.82. The smallest absolute Gasteiger partial charge is 0.287 e. The van der Waals surface area contributed by atoms with Gasteiger partial charge >= 0.3 is 0 Å². The van der Waals surface area contributed by atoms with E-state index in [1.165, 1.54) is 0 Å². The first-order valence-corrected chi connectivity index (χ1v) is 4.86. The molecule has 0 bridgehead atoms. The van der Waals surface area contributed by atoms with Gasteiger partial charge < -0.3 is 14.8 Å². The zero-order valence-corrected chi connectivity index (χ0v) is 9.55. The van der Waals surface area contributed by atoms with Gasteiger partial charge in [0.15, 0.2) is 5.76 Å². The van der Waals surface area contributed by atoms with Crippen LogP contribution in [0.3, 0.4) is 0 Å². The zero-order valence-electron chi connectivity index (χ0n) is 9.55. The van der Waals surface area contributed by atoms with E-state index in [1.54, 1.807) is 26.8 Å². The Morgan fingerprint density at radius 3 is 2.53 bits per heavy atom. The van der Waals surface area contributed by atoms with Crippen molar-refractivity contribution in [1.82, 2.24) is 5.32 Å². The lowest BCUT2D eigenvalue weighted by molar-refractivity contribution is 0.0839. The van der Waals surface area contributed by atoms with Gasteiger partial charge in [-0.2, -0.15) is 0 Å². The summed E-state index contributed by atoms with van der Waals surface area (Å²) in [5.74, 6) is 0.730. The Morgan fingerprint density at radius 1 is 1.53 bits per heavy atom. The lowest BCUT2D eigenvalue weighted by atomic mass is 10.1. The molecule has 0 saturated heterocycles. The molecule has 1 rings (SSSR count). The van der Waals surface area contributed by atoms with E-state index in [-0.39, 0.29) is 12.5 Å². The molecule has 0 aliphatic rings. The molecule has 1 heterocycles. The van der Waals surface area contributed by atoms with Crippen molar-refractivity contribution in [3.05, 3.63) is 23.2 Å². The summed E-state index contributed by atoms with van der Waals surface area (Å²) >= 11 is 0. The topological polar surface area (TPSA) is 62.5 Å². The van der Waals surface area contributed by atoms with Crippen LogP contribution in [0.15, 0.2) is 10.5 Å². The molecule has 0 unspecified atom stereocenters. The Morgan fingerprint density at radius 2 is 2.13 bits per heavy atom. The van der Waals surface area contributed by atoms with Gasteiger partial charge in [0, 0.05) is 5.56 Å². The van der Waals surface area contributed by atoms with Crippen LogP contribution in [0.2, 0.25) is 0 Å². The number of carbonyl (C=O) groups is 1. The van der Waals surface area contributed by atoms with Crippen molar-refractivity contribution >= 4 is 5.91 Å². The predicted octanol–water partition coefficient (Wildman–Crippen LogP) is 1.40. The fourth-order valence-corrected chi connectivity index (χ4v) is 1.27. The summed E-state index contributed by atoms with van der Waals surface area (Å²) in [6.07, 6.45) is 0. The minimum absolute atomic E-state index is 0.114. The highest BCUT2D eigenvalue weighted by molar-refractivity contribution is 5.93. The number of hydrogen-bond acceptors (Lipinski definition) is 3. The van der Waals surface area contributed by atoms with Crippen LogP contribution in [0.1, 0.15) is 35.7 Å². The van der Waals surface area contributed by atoms with Gasteiger partial charge in [0.1, 0.15) is 5.76 Å². The van der Waals surface area contributed by atoms with Gasteiger partial charge in [-0.15, -0.1) is 0 Å². The van der Waals surface area contributed by atoms with Crippen molar-refractivity contribution in [1.29, 1.82) is 0 Å². The number of aryl methyl sites for hydroxylation is 2. The van der Waals surface area contributed by atoms with Crippen LogP contribution >= 0.6 is 0 Å². The first-order chi connectivity index (χ1) is 6.85. The molecular formula is C11H17NO3. The molecule has 0 aliphatic heterocycles. The van der Waals surface area contributed by atoms with Gasteiger partial charge in [0.2, 0.25) is 0 Å². The summed E-state index contributed by atoms with van der Waals surface area (Å²) in [6.45, 7) is 6.99. The van der Waals surface area contributed by atoms with Crippen LogP contribution < -0.4 is 5.32 Å². The van der Waals surface area contributed by atoms with Crippen LogP contribution in [-0.2, 0) is 0 Å². The van der Waals surface area contributed by atoms with E-state index in [4.69, 9.17) is 9.52 Å². The number of aliphatic hydroxyl groups is 1. The van der Waals surface area contributed by atoms with Gasteiger partial charge in [0.05, 0.1) is 12.1 Å². The van der Waals surface area contributed by atoms with Gasteiger partial charge in [-0.1, -0.05) is 0 Å². The molecule has 1 amide bonds.